The van der Waals surface area contributed by atoms with E-state index in [1.54, 1.807) is 55.4 Å². The summed E-state index contributed by atoms with van der Waals surface area (Å²) >= 11 is 0. The second-order valence-corrected chi connectivity index (χ2v) is 5.10. The Morgan fingerprint density at radius 3 is 2.42 bits per heavy atom. The maximum absolute atomic E-state index is 12.4. The van der Waals surface area contributed by atoms with E-state index in [0.29, 0.717) is 17.8 Å². The zero-order valence-corrected chi connectivity index (χ0v) is 14.7. The van der Waals surface area contributed by atoms with Crippen molar-refractivity contribution in [1.29, 1.82) is 0 Å². The van der Waals surface area contributed by atoms with Crippen LogP contribution in [0.25, 0.3) is 0 Å². The van der Waals surface area contributed by atoms with Gasteiger partial charge in [-0.25, -0.2) is 0 Å². The summed E-state index contributed by atoms with van der Waals surface area (Å²) in [6, 6.07) is 6.28. The molecule has 3 N–H and O–H groups in total. The molecule has 1 heterocycles. The molecule has 24 heavy (non-hydrogen) atoms. The van der Waals surface area contributed by atoms with Gasteiger partial charge in [0.05, 0.1) is 6.20 Å². The van der Waals surface area contributed by atoms with E-state index >= 15 is 0 Å². The first-order chi connectivity index (χ1) is 11.0. The Morgan fingerprint density at radius 2 is 1.92 bits per heavy atom. The number of hydrogen-bond acceptors (Lipinski definition) is 4. The molecule has 2 aromatic rings. The molecule has 0 radical (unpaired) electrons. The first kappa shape index (κ1) is 19.7. The zero-order chi connectivity index (χ0) is 16.8. The van der Waals surface area contributed by atoms with Gasteiger partial charge in [0.25, 0.3) is 5.91 Å². The number of carbonyl (C=O) groups excluding carboxylic acids is 2. The molecule has 0 aliphatic rings. The highest BCUT2D eigenvalue weighted by atomic mass is 35.5. The van der Waals surface area contributed by atoms with Gasteiger partial charge in [-0.05, 0) is 38.2 Å². The van der Waals surface area contributed by atoms with E-state index < -0.39 is 6.04 Å². The van der Waals surface area contributed by atoms with Crippen molar-refractivity contribution in [2.45, 2.75) is 13.0 Å². The molecular weight excluding hydrogens is 330 g/mol. The summed E-state index contributed by atoms with van der Waals surface area (Å²) in [5.74, 6) is -0.319. The number of nitrogens with one attached hydrogen (secondary N) is 3. The van der Waals surface area contributed by atoms with Gasteiger partial charge >= 0.3 is 0 Å². The maximum Gasteiger partial charge on any atom is 0.251 e. The van der Waals surface area contributed by atoms with E-state index in [1.807, 2.05) is 6.92 Å². The minimum absolute atomic E-state index is 0. The number of amides is 2. The third-order valence-electron chi connectivity index (χ3n) is 3.36. The van der Waals surface area contributed by atoms with Crippen LogP contribution < -0.4 is 16.0 Å². The van der Waals surface area contributed by atoms with Gasteiger partial charge in [0.1, 0.15) is 6.04 Å². The fourth-order valence-electron chi connectivity index (χ4n) is 2.22. The summed E-state index contributed by atoms with van der Waals surface area (Å²) in [4.78, 5) is 24.1. The second-order valence-electron chi connectivity index (χ2n) is 5.10. The van der Waals surface area contributed by atoms with Crippen LogP contribution in [0.3, 0.4) is 0 Å². The van der Waals surface area contributed by atoms with Crippen molar-refractivity contribution < 1.29 is 9.59 Å². The van der Waals surface area contributed by atoms with E-state index in [9.17, 15) is 9.59 Å². The molecule has 7 nitrogen and oxygen atoms in total. The molecule has 1 atom stereocenters. The number of likely N-dealkylation sites (N-methyl/N-ethyl adjacent to an activating group) is 1. The average molecular weight is 352 g/mol. The molecule has 0 saturated carbocycles. The molecule has 0 spiro atoms. The van der Waals surface area contributed by atoms with E-state index in [0.717, 1.165) is 5.56 Å². The monoisotopic (exact) mass is 351 g/mol. The van der Waals surface area contributed by atoms with Gasteiger partial charge in [0.15, 0.2) is 0 Å². The number of benzene rings is 1. The molecule has 1 unspecified atom stereocenters. The Bertz CT molecular complexity index is 684. The van der Waals surface area contributed by atoms with Crippen LogP contribution in [0.4, 0.5) is 5.69 Å². The summed E-state index contributed by atoms with van der Waals surface area (Å²) in [5.41, 5.74) is 1.97. The molecule has 0 fully saturated rings. The first-order valence-corrected chi connectivity index (χ1v) is 7.40. The summed E-state index contributed by atoms with van der Waals surface area (Å²) < 4.78 is 1.65. The highest BCUT2D eigenvalue weighted by Gasteiger charge is 2.20. The number of anilines is 1. The Kier molecular flexibility index (Phi) is 7.41. The molecular formula is C16H22ClN5O2. The standard InChI is InChI=1S/C16H21N5O2.ClH/c1-4-18-15(22)11-5-7-13(8-6-11)20-16(23)14(17-2)12-9-19-21(3)10-12;/h5-10,14,17H,4H2,1-3H3,(H,18,22)(H,20,23);1H. The summed E-state index contributed by atoms with van der Waals surface area (Å²) in [7, 11) is 3.52. The van der Waals surface area contributed by atoms with Crippen LogP contribution in [0.2, 0.25) is 0 Å². The fourth-order valence-corrected chi connectivity index (χ4v) is 2.22. The van der Waals surface area contributed by atoms with Crippen molar-refractivity contribution in [3.63, 3.8) is 0 Å². The number of carbonyl (C=O) groups is 2. The smallest absolute Gasteiger partial charge is 0.251 e. The van der Waals surface area contributed by atoms with Crippen molar-refractivity contribution >= 4 is 29.9 Å². The quantitative estimate of drug-likeness (QED) is 0.735. The Balaban J connectivity index is 0.00000288. The Morgan fingerprint density at radius 1 is 1.25 bits per heavy atom. The molecule has 0 aliphatic carbocycles. The van der Waals surface area contributed by atoms with Crippen molar-refractivity contribution in [3.8, 4) is 0 Å². The maximum atomic E-state index is 12.4. The van der Waals surface area contributed by atoms with Gasteiger partial charge in [-0.3, -0.25) is 14.3 Å². The molecule has 2 rings (SSSR count). The zero-order valence-electron chi connectivity index (χ0n) is 13.9. The third kappa shape index (κ3) is 4.81. The molecule has 8 heteroatoms. The average Bonchev–Trinajstić information content (AvgIpc) is 2.95. The predicted molar refractivity (Wildman–Crippen MR) is 95.3 cm³/mol. The van der Waals surface area contributed by atoms with Crippen molar-refractivity contribution in [3.05, 3.63) is 47.8 Å². The van der Waals surface area contributed by atoms with Gasteiger partial charge in [-0.1, -0.05) is 0 Å². The molecule has 1 aromatic heterocycles. The lowest BCUT2D eigenvalue weighted by Crippen LogP contribution is -2.30. The largest absolute Gasteiger partial charge is 0.352 e. The molecule has 2 amide bonds. The highest BCUT2D eigenvalue weighted by Crippen LogP contribution is 2.16. The number of rotatable bonds is 6. The lowest BCUT2D eigenvalue weighted by atomic mass is 10.1. The molecule has 130 valence electrons. The van der Waals surface area contributed by atoms with Crippen LogP contribution in [0, 0.1) is 0 Å². The van der Waals surface area contributed by atoms with Crippen LogP contribution in [0.5, 0.6) is 0 Å². The third-order valence-corrected chi connectivity index (χ3v) is 3.36. The van der Waals surface area contributed by atoms with Crippen molar-refractivity contribution in [1.82, 2.24) is 20.4 Å². The van der Waals surface area contributed by atoms with Gasteiger partial charge in [-0.2, -0.15) is 5.10 Å². The Hall–Kier alpha value is -2.38. The molecule has 1 aromatic carbocycles. The van der Waals surface area contributed by atoms with Crippen molar-refractivity contribution in [2.75, 3.05) is 18.9 Å². The van der Waals surface area contributed by atoms with Gasteiger partial charge in [0, 0.05) is 36.6 Å². The molecule has 0 saturated heterocycles. The van der Waals surface area contributed by atoms with Gasteiger partial charge < -0.3 is 16.0 Å². The van der Waals surface area contributed by atoms with E-state index in [-0.39, 0.29) is 24.2 Å². The number of halogens is 1. The van der Waals surface area contributed by atoms with Crippen LogP contribution in [-0.2, 0) is 11.8 Å². The number of nitrogens with zero attached hydrogens (tertiary/aromatic N) is 2. The SMILES string of the molecule is CCNC(=O)c1ccc(NC(=O)C(NC)c2cnn(C)c2)cc1.Cl. The topological polar surface area (TPSA) is 88.1 Å². The number of hydrogen-bond donors (Lipinski definition) is 3. The highest BCUT2D eigenvalue weighted by molar-refractivity contribution is 5.97. The number of aromatic nitrogens is 2. The Labute approximate surface area is 147 Å². The van der Waals surface area contributed by atoms with Gasteiger partial charge in [0.2, 0.25) is 5.91 Å². The predicted octanol–water partition coefficient (Wildman–Crippen LogP) is 1.49. The number of aryl methyl sites for hydroxylation is 1. The van der Waals surface area contributed by atoms with E-state index in [1.165, 1.54) is 0 Å². The minimum atomic E-state index is -0.494. The summed E-state index contributed by atoms with van der Waals surface area (Å²) in [5, 5.41) is 12.6. The van der Waals surface area contributed by atoms with Crippen molar-refractivity contribution in [2.24, 2.45) is 7.05 Å². The normalized spacial score (nSPS) is 11.3. The first-order valence-electron chi connectivity index (χ1n) is 7.40. The minimum Gasteiger partial charge on any atom is -0.352 e. The molecule has 0 aliphatic heterocycles. The van der Waals surface area contributed by atoms with Gasteiger partial charge in [-0.15, -0.1) is 12.4 Å². The van der Waals surface area contributed by atoms with E-state index in [4.69, 9.17) is 0 Å². The van der Waals surface area contributed by atoms with Crippen LogP contribution >= 0.6 is 12.4 Å². The van der Waals surface area contributed by atoms with E-state index in [2.05, 4.69) is 21.0 Å². The summed E-state index contributed by atoms with van der Waals surface area (Å²) in [6.07, 6.45) is 3.44. The summed E-state index contributed by atoms with van der Waals surface area (Å²) in [6.45, 7) is 2.44. The van der Waals surface area contributed by atoms with Crippen LogP contribution in [-0.4, -0.2) is 35.2 Å². The molecule has 0 bridgehead atoms. The van der Waals surface area contributed by atoms with Crippen LogP contribution in [0.15, 0.2) is 36.7 Å². The van der Waals surface area contributed by atoms with Crippen LogP contribution in [0.1, 0.15) is 28.9 Å². The fraction of sp³-hybridized carbons (Fsp3) is 0.312. The lowest BCUT2D eigenvalue weighted by molar-refractivity contribution is -0.118. The lowest BCUT2D eigenvalue weighted by Gasteiger charge is -2.14. The second kappa shape index (κ2) is 9.05.